The van der Waals surface area contributed by atoms with Crippen molar-refractivity contribution in [1.29, 1.82) is 0 Å². The molecule has 10 heteroatoms. The molecule has 32 heavy (non-hydrogen) atoms. The van der Waals surface area contributed by atoms with Crippen LogP contribution in [-0.2, 0) is 26.9 Å². The van der Waals surface area contributed by atoms with E-state index in [4.69, 9.17) is 0 Å². The largest absolute Gasteiger partial charge is 0.292 e. The number of amides is 1. The van der Waals surface area contributed by atoms with Crippen LogP contribution in [0.25, 0.3) is 0 Å². The number of piperidine rings is 1. The van der Waals surface area contributed by atoms with Crippen molar-refractivity contribution in [2.45, 2.75) is 36.2 Å². The Labute approximate surface area is 185 Å². The summed E-state index contributed by atoms with van der Waals surface area (Å²) in [6.07, 6.45) is 6.12. The number of aromatic nitrogens is 3. The topological polar surface area (TPSA) is 88.4 Å². The second-order valence-electron chi connectivity index (χ2n) is 8.17. The van der Waals surface area contributed by atoms with Crippen molar-refractivity contribution in [3.8, 4) is 0 Å². The zero-order chi connectivity index (χ0) is 22.3. The normalized spacial score (nSPS) is 18.7. The molecule has 1 spiro atoms. The first-order valence-corrected chi connectivity index (χ1v) is 11.8. The van der Waals surface area contributed by atoms with Crippen LogP contribution in [0.1, 0.15) is 24.8 Å². The SMILES string of the molecule is O=C1CC2(CCN(S(=O)(=O)c3ccccc3F)CC2)n2nccc2N1Cc1ccncc1. The number of hydrogen-bond acceptors (Lipinski definition) is 5. The third-order valence-electron chi connectivity index (χ3n) is 6.33. The van der Waals surface area contributed by atoms with Gasteiger partial charge in [-0.15, -0.1) is 0 Å². The van der Waals surface area contributed by atoms with Crippen LogP contribution in [0.5, 0.6) is 0 Å². The van der Waals surface area contributed by atoms with E-state index in [0.717, 1.165) is 11.6 Å². The van der Waals surface area contributed by atoms with Crippen LogP contribution in [-0.4, -0.2) is 46.5 Å². The summed E-state index contributed by atoms with van der Waals surface area (Å²) in [7, 11) is -3.95. The second kappa shape index (κ2) is 7.79. The summed E-state index contributed by atoms with van der Waals surface area (Å²) in [6.45, 7) is 0.790. The monoisotopic (exact) mass is 455 g/mol. The summed E-state index contributed by atoms with van der Waals surface area (Å²) >= 11 is 0. The molecule has 1 fully saturated rings. The molecule has 3 aromatic rings. The van der Waals surface area contributed by atoms with Gasteiger partial charge in [0.15, 0.2) is 0 Å². The minimum absolute atomic E-state index is 0.0276. The van der Waals surface area contributed by atoms with Crippen molar-refractivity contribution in [2.24, 2.45) is 0 Å². The van der Waals surface area contributed by atoms with Gasteiger partial charge in [0, 0.05) is 31.5 Å². The summed E-state index contributed by atoms with van der Waals surface area (Å²) in [4.78, 5) is 18.6. The Balaban J connectivity index is 1.39. The molecule has 2 aromatic heterocycles. The number of sulfonamides is 1. The number of rotatable bonds is 4. The summed E-state index contributed by atoms with van der Waals surface area (Å²) in [5.41, 5.74) is 0.370. The lowest BCUT2D eigenvalue weighted by Gasteiger charge is -2.46. The molecule has 2 aliphatic rings. The fraction of sp³-hybridized carbons (Fsp3) is 0.318. The zero-order valence-electron chi connectivity index (χ0n) is 17.3. The number of carbonyl (C=O) groups is 1. The highest BCUT2D eigenvalue weighted by Crippen LogP contribution is 2.42. The van der Waals surface area contributed by atoms with Crippen molar-refractivity contribution in [3.63, 3.8) is 0 Å². The number of carbonyl (C=O) groups excluding carboxylic acids is 1. The van der Waals surface area contributed by atoms with Crippen molar-refractivity contribution < 1.29 is 17.6 Å². The lowest BCUT2D eigenvalue weighted by Crippen LogP contribution is -2.54. The Morgan fingerprint density at radius 3 is 2.44 bits per heavy atom. The minimum atomic E-state index is -3.95. The van der Waals surface area contributed by atoms with E-state index in [2.05, 4.69) is 10.1 Å². The van der Waals surface area contributed by atoms with Crippen LogP contribution in [0.15, 0.2) is 66.0 Å². The summed E-state index contributed by atoms with van der Waals surface area (Å²) < 4.78 is 43.3. The number of anilines is 1. The van der Waals surface area contributed by atoms with Gasteiger partial charge in [0.2, 0.25) is 15.9 Å². The zero-order valence-corrected chi connectivity index (χ0v) is 18.1. The lowest BCUT2D eigenvalue weighted by molar-refractivity contribution is -0.122. The predicted octanol–water partition coefficient (Wildman–Crippen LogP) is 2.53. The van der Waals surface area contributed by atoms with E-state index < -0.39 is 21.4 Å². The molecule has 1 saturated heterocycles. The number of nitrogens with zero attached hydrogens (tertiary/aromatic N) is 5. The molecule has 0 atom stereocenters. The van der Waals surface area contributed by atoms with Gasteiger partial charge in [-0.25, -0.2) is 17.5 Å². The highest BCUT2D eigenvalue weighted by Gasteiger charge is 2.47. The van der Waals surface area contributed by atoms with E-state index in [-0.39, 0.29) is 30.3 Å². The molecule has 2 aliphatic heterocycles. The molecule has 0 bridgehead atoms. The Morgan fingerprint density at radius 2 is 1.72 bits per heavy atom. The van der Waals surface area contributed by atoms with E-state index in [9.17, 15) is 17.6 Å². The Hall–Kier alpha value is -3.11. The smallest absolute Gasteiger partial charge is 0.245 e. The van der Waals surface area contributed by atoms with Crippen LogP contribution in [0.2, 0.25) is 0 Å². The van der Waals surface area contributed by atoms with Crippen molar-refractivity contribution in [2.75, 3.05) is 18.0 Å². The quantitative estimate of drug-likeness (QED) is 0.603. The molecule has 1 aromatic carbocycles. The molecule has 1 amide bonds. The first-order valence-electron chi connectivity index (χ1n) is 10.4. The standard InChI is InChI=1S/C22H22FN5O3S/c23-18-3-1-2-4-19(18)32(30,31)26-13-8-22(9-14-26)15-21(29)27(20-7-12-25-28(20)22)16-17-5-10-24-11-6-17/h1-7,10-12H,8-9,13-16H2. The maximum atomic E-state index is 14.1. The summed E-state index contributed by atoms with van der Waals surface area (Å²) in [5, 5.41) is 4.50. The fourth-order valence-electron chi connectivity index (χ4n) is 4.61. The van der Waals surface area contributed by atoms with Crippen molar-refractivity contribution in [1.82, 2.24) is 19.1 Å². The van der Waals surface area contributed by atoms with Crippen LogP contribution in [0, 0.1) is 5.82 Å². The molecule has 4 heterocycles. The first-order chi connectivity index (χ1) is 15.4. The Kier molecular flexibility index (Phi) is 5.06. The van der Waals surface area contributed by atoms with Crippen LogP contribution < -0.4 is 4.90 Å². The third-order valence-corrected chi connectivity index (χ3v) is 8.26. The highest BCUT2D eigenvalue weighted by atomic mass is 32.2. The predicted molar refractivity (Wildman–Crippen MR) is 115 cm³/mol. The van der Waals surface area contributed by atoms with Gasteiger partial charge in [0.1, 0.15) is 16.5 Å². The molecular formula is C22H22FN5O3S. The molecule has 8 nitrogen and oxygen atoms in total. The van der Waals surface area contributed by atoms with Gasteiger partial charge in [-0.05, 0) is 42.7 Å². The van der Waals surface area contributed by atoms with E-state index in [1.54, 1.807) is 23.5 Å². The molecule has 0 saturated carbocycles. The molecular weight excluding hydrogens is 433 g/mol. The number of fused-ring (bicyclic) bond motifs is 2. The van der Waals surface area contributed by atoms with Gasteiger partial charge in [-0.2, -0.15) is 9.40 Å². The number of hydrogen-bond donors (Lipinski definition) is 0. The van der Waals surface area contributed by atoms with Gasteiger partial charge in [-0.1, -0.05) is 12.1 Å². The molecule has 5 rings (SSSR count). The van der Waals surface area contributed by atoms with Gasteiger partial charge in [0.05, 0.1) is 24.7 Å². The maximum absolute atomic E-state index is 14.1. The molecule has 0 radical (unpaired) electrons. The summed E-state index contributed by atoms with van der Waals surface area (Å²) in [6, 6.07) is 10.9. The third kappa shape index (κ3) is 3.39. The van der Waals surface area contributed by atoms with Gasteiger partial charge >= 0.3 is 0 Å². The van der Waals surface area contributed by atoms with Gasteiger partial charge < -0.3 is 0 Å². The van der Waals surface area contributed by atoms with Crippen LogP contribution >= 0.6 is 0 Å². The maximum Gasteiger partial charge on any atom is 0.245 e. The Bertz CT molecular complexity index is 1250. The van der Waals surface area contributed by atoms with Gasteiger partial charge in [-0.3, -0.25) is 14.7 Å². The fourth-order valence-corrected chi connectivity index (χ4v) is 6.12. The van der Waals surface area contributed by atoms with Gasteiger partial charge in [0.25, 0.3) is 0 Å². The van der Waals surface area contributed by atoms with Crippen molar-refractivity contribution >= 4 is 21.7 Å². The average Bonchev–Trinajstić information content (AvgIpc) is 3.29. The van der Waals surface area contributed by atoms with E-state index >= 15 is 0 Å². The van der Waals surface area contributed by atoms with Crippen molar-refractivity contribution in [3.05, 3.63) is 72.4 Å². The first kappa shape index (κ1) is 20.8. The molecule has 0 aliphatic carbocycles. The van der Waals surface area contributed by atoms with E-state index in [1.165, 1.54) is 22.5 Å². The van der Waals surface area contributed by atoms with E-state index in [0.29, 0.717) is 25.2 Å². The number of halogens is 1. The molecule has 166 valence electrons. The Morgan fingerprint density at radius 1 is 1.00 bits per heavy atom. The number of pyridine rings is 1. The minimum Gasteiger partial charge on any atom is -0.292 e. The average molecular weight is 456 g/mol. The molecule has 0 N–H and O–H groups in total. The van der Waals surface area contributed by atoms with Crippen LogP contribution in [0.4, 0.5) is 10.2 Å². The van der Waals surface area contributed by atoms with E-state index in [1.807, 2.05) is 22.9 Å². The highest BCUT2D eigenvalue weighted by molar-refractivity contribution is 7.89. The summed E-state index contributed by atoms with van der Waals surface area (Å²) in [5.74, 6) is -0.0922. The number of benzene rings is 1. The lowest BCUT2D eigenvalue weighted by atomic mass is 9.83. The second-order valence-corrected chi connectivity index (χ2v) is 10.1. The molecule has 0 unspecified atom stereocenters. The van der Waals surface area contributed by atoms with Crippen LogP contribution in [0.3, 0.4) is 0 Å².